The van der Waals surface area contributed by atoms with Crippen LogP contribution in [0.25, 0.3) is 0 Å². The third-order valence-electron chi connectivity index (χ3n) is 7.10. The maximum absolute atomic E-state index is 13.5. The van der Waals surface area contributed by atoms with Gasteiger partial charge in [0.15, 0.2) is 6.29 Å². The second-order valence-corrected chi connectivity index (χ2v) is 9.57. The number of halogens is 3. The van der Waals surface area contributed by atoms with Crippen LogP contribution in [-0.2, 0) is 31.6 Å². The van der Waals surface area contributed by atoms with Gasteiger partial charge in [0, 0.05) is 17.9 Å². The van der Waals surface area contributed by atoms with E-state index in [2.05, 4.69) is 20.6 Å². The number of aromatic nitrogens is 2. The predicted octanol–water partition coefficient (Wildman–Crippen LogP) is 3.63. The van der Waals surface area contributed by atoms with Crippen LogP contribution in [0.5, 0.6) is 0 Å². The molecule has 0 radical (unpaired) electrons. The molecule has 1 aromatic heterocycles. The van der Waals surface area contributed by atoms with Crippen molar-refractivity contribution in [3.05, 3.63) is 52.0 Å². The summed E-state index contributed by atoms with van der Waals surface area (Å²) in [6.07, 6.45) is -5.22. The number of carbonyl (C=O) groups is 1. The number of alkyl halides is 3. The molecule has 2 saturated heterocycles. The number of aryl methyl sites for hydroxylation is 1. The summed E-state index contributed by atoms with van der Waals surface area (Å²) in [6, 6.07) is 3.73. The molecule has 1 aromatic carbocycles. The number of hydrogen-bond acceptors (Lipinski definition) is 7. The SMILES string of the molecule is Cc1nc(CC(=O)NC2[C@H]3COC[C@@H]23)c(C2OCCO2)c(N[C@H](C)c2cccc(C(F)(F)F)c2C)n1. The summed E-state index contributed by atoms with van der Waals surface area (Å²) in [5.41, 5.74) is 0.905. The number of carbonyl (C=O) groups excluding carboxylic acids is 1. The van der Waals surface area contributed by atoms with Gasteiger partial charge in [-0.15, -0.1) is 0 Å². The molecule has 1 aliphatic carbocycles. The number of amides is 1. The Bertz CT molecular complexity index is 1140. The molecule has 0 bridgehead atoms. The van der Waals surface area contributed by atoms with Crippen LogP contribution in [0.1, 0.15) is 53.0 Å². The molecule has 2 aromatic rings. The summed E-state index contributed by atoms with van der Waals surface area (Å²) in [4.78, 5) is 21.9. The Kier molecular flexibility index (Phi) is 6.65. The van der Waals surface area contributed by atoms with Crippen LogP contribution in [0.2, 0.25) is 0 Å². The fraction of sp³-hybridized carbons (Fsp3) is 0.560. The summed E-state index contributed by atoms with van der Waals surface area (Å²) in [7, 11) is 0. The second-order valence-electron chi connectivity index (χ2n) is 9.57. The van der Waals surface area contributed by atoms with E-state index in [1.54, 1.807) is 19.9 Å². The molecule has 36 heavy (non-hydrogen) atoms. The Labute approximate surface area is 206 Å². The van der Waals surface area contributed by atoms with E-state index in [1.165, 1.54) is 13.0 Å². The minimum Gasteiger partial charge on any atom is -0.381 e. The van der Waals surface area contributed by atoms with Crippen molar-refractivity contribution in [1.29, 1.82) is 0 Å². The number of hydrogen-bond donors (Lipinski definition) is 2. The first-order valence-corrected chi connectivity index (χ1v) is 12.0. The number of rotatable bonds is 7. The van der Waals surface area contributed by atoms with Crippen molar-refractivity contribution < 1.29 is 32.2 Å². The molecule has 8 nitrogen and oxygen atoms in total. The molecule has 1 unspecified atom stereocenters. The summed E-state index contributed by atoms with van der Waals surface area (Å²) >= 11 is 0. The van der Waals surface area contributed by atoms with Gasteiger partial charge in [0.1, 0.15) is 11.6 Å². The Balaban J connectivity index is 1.42. The normalized spacial score (nSPS) is 24.4. The van der Waals surface area contributed by atoms with E-state index in [4.69, 9.17) is 14.2 Å². The quantitative estimate of drug-likeness (QED) is 0.592. The second kappa shape index (κ2) is 9.60. The smallest absolute Gasteiger partial charge is 0.381 e. The number of nitrogens with zero attached hydrogens (tertiary/aromatic N) is 2. The third kappa shape index (κ3) is 4.91. The zero-order chi connectivity index (χ0) is 25.6. The first kappa shape index (κ1) is 24.9. The highest BCUT2D eigenvalue weighted by Gasteiger charge is 2.54. The highest BCUT2D eigenvalue weighted by atomic mass is 19.4. The van der Waals surface area contributed by atoms with Crippen LogP contribution in [-0.4, -0.2) is 48.3 Å². The van der Waals surface area contributed by atoms with Crippen molar-refractivity contribution in [3.8, 4) is 0 Å². The molecule has 3 aliphatic rings. The number of anilines is 1. The van der Waals surface area contributed by atoms with Crippen molar-refractivity contribution in [2.45, 2.75) is 51.7 Å². The van der Waals surface area contributed by atoms with Gasteiger partial charge in [0.05, 0.1) is 55.7 Å². The van der Waals surface area contributed by atoms with Gasteiger partial charge in [-0.1, -0.05) is 12.1 Å². The van der Waals surface area contributed by atoms with E-state index in [1.807, 2.05) is 0 Å². The molecule has 11 heteroatoms. The third-order valence-corrected chi connectivity index (χ3v) is 7.10. The molecule has 2 N–H and O–H groups in total. The maximum atomic E-state index is 13.5. The van der Waals surface area contributed by atoms with Gasteiger partial charge in [0.2, 0.25) is 5.91 Å². The zero-order valence-corrected chi connectivity index (χ0v) is 20.3. The standard InChI is InChI=1S/C25H29F3N4O4/c1-12-15(5-4-6-18(12)25(26,27)28)13(2)29-23-21(24-35-7-8-36-24)19(30-14(3)31-23)9-20(33)32-22-16-10-34-11-17(16)22/h4-6,13,16-17,22,24H,7-11H2,1-3H3,(H,32,33)(H,29,30,31)/t13-,16-,17+,22?/m1/s1. The van der Waals surface area contributed by atoms with Gasteiger partial charge in [-0.25, -0.2) is 9.97 Å². The van der Waals surface area contributed by atoms with Crippen LogP contribution < -0.4 is 10.6 Å². The Morgan fingerprint density at radius 1 is 1.14 bits per heavy atom. The van der Waals surface area contributed by atoms with Crippen molar-refractivity contribution >= 4 is 11.7 Å². The molecule has 1 amide bonds. The zero-order valence-electron chi connectivity index (χ0n) is 20.3. The van der Waals surface area contributed by atoms with Crippen LogP contribution in [0.4, 0.5) is 19.0 Å². The molecule has 1 saturated carbocycles. The highest BCUT2D eigenvalue weighted by molar-refractivity contribution is 5.79. The van der Waals surface area contributed by atoms with Crippen molar-refractivity contribution in [3.63, 3.8) is 0 Å². The monoisotopic (exact) mass is 506 g/mol. The van der Waals surface area contributed by atoms with E-state index in [0.29, 0.717) is 66.7 Å². The van der Waals surface area contributed by atoms with Crippen molar-refractivity contribution in [2.24, 2.45) is 11.8 Å². The van der Waals surface area contributed by atoms with Gasteiger partial charge >= 0.3 is 6.18 Å². The topological polar surface area (TPSA) is 94.6 Å². The Morgan fingerprint density at radius 3 is 2.50 bits per heavy atom. The first-order chi connectivity index (χ1) is 17.1. The summed E-state index contributed by atoms with van der Waals surface area (Å²) in [5.74, 6) is 1.37. The number of nitrogens with one attached hydrogen (secondary N) is 2. The molecule has 3 heterocycles. The molecular formula is C25H29F3N4O4. The Hall–Kier alpha value is -2.76. The largest absolute Gasteiger partial charge is 0.416 e. The lowest BCUT2D eigenvalue weighted by Gasteiger charge is -2.24. The van der Waals surface area contributed by atoms with Gasteiger partial charge < -0.3 is 24.8 Å². The highest BCUT2D eigenvalue weighted by Crippen LogP contribution is 2.44. The van der Waals surface area contributed by atoms with Gasteiger partial charge in [-0.3, -0.25) is 4.79 Å². The predicted molar refractivity (Wildman–Crippen MR) is 123 cm³/mol. The average Bonchev–Trinajstić information content (AvgIpc) is 3.21. The van der Waals surface area contributed by atoms with Crippen molar-refractivity contribution in [2.75, 3.05) is 31.7 Å². The van der Waals surface area contributed by atoms with E-state index < -0.39 is 24.1 Å². The fourth-order valence-corrected chi connectivity index (χ4v) is 5.21. The lowest BCUT2D eigenvalue weighted by atomic mass is 9.97. The number of benzene rings is 1. The molecule has 4 atom stereocenters. The molecule has 3 fully saturated rings. The Morgan fingerprint density at radius 2 is 1.83 bits per heavy atom. The minimum absolute atomic E-state index is 0.00432. The average molecular weight is 507 g/mol. The first-order valence-electron chi connectivity index (χ1n) is 12.0. The van der Waals surface area contributed by atoms with Gasteiger partial charge in [-0.05, 0) is 38.0 Å². The van der Waals surface area contributed by atoms with Gasteiger partial charge in [0.25, 0.3) is 0 Å². The maximum Gasteiger partial charge on any atom is 0.416 e. The van der Waals surface area contributed by atoms with Crippen LogP contribution in [0.3, 0.4) is 0 Å². The molecular weight excluding hydrogens is 477 g/mol. The summed E-state index contributed by atoms with van der Waals surface area (Å²) in [6.45, 7) is 7.00. The van der Waals surface area contributed by atoms with E-state index >= 15 is 0 Å². The number of fused-ring (bicyclic) bond motifs is 1. The van der Waals surface area contributed by atoms with Crippen LogP contribution >= 0.6 is 0 Å². The molecule has 5 rings (SSSR count). The lowest BCUT2D eigenvalue weighted by Crippen LogP contribution is -2.32. The minimum atomic E-state index is -4.45. The molecule has 2 aliphatic heterocycles. The van der Waals surface area contributed by atoms with E-state index in [0.717, 1.165) is 6.07 Å². The van der Waals surface area contributed by atoms with Crippen LogP contribution in [0, 0.1) is 25.7 Å². The van der Waals surface area contributed by atoms with Crippen LogP contribution in [0.15, 0.2) is 18.2 Å². The fourth-order valence-electron chi connectivity index (χ4n) is 5.21. The van der Waals surface area contributed by atoms with Gasteiger partial charge in [-0.2, -0.15) is 13.2 Å². The van der Waals surface area contributed by atoms with E-state index in [-0.39, 0.29) is 23.9 Å². The summed E-state index contributed by atoms with van der Waals surface area (Å²) in [5, 5.41) is 6.30. The molecule has 194 valence electrons. The number of ether oxygens (including phenoxy) is 3. The molecule has 0 spiro atoms. The summed E-state index contributed by atoms with van der Waals surface area (Å²) < 4.78 is 57.2. The lowest BCUT2D eigenvalue weighted by molar-refractivity contribution is -0.138. The van der Waals surface area contributed by atoms with E-state index in [9.17, 15) is 18.0 Å². The van der Waals surface area contributed by atoms with Crippen molar-refractivity contribution in [1.82, 2.24) is 15.3 Å².